The van der Waals surface area contributed by atoms with Crippen LogP contribution in [0.1, 0.15) is 116 Å². The van der Waals surface area contributed by atoms with Gasteiger partial charge in [0.2, 0.25) is 0 Å². The number of carbonyl (C=O) groups excluding carboxylic acids is 2. The maximum atomic E-state index is 12.5. The molecule has 0 bridgehead atoms. The fraction of sp³-hybridized carbons (Fsp3) is 0.677. The SMILES string of the molecule is CCCCCCCC(=O)CC[C@@H]1[C@H](C/C=C\CCCC(=O)OC(C)C)[C@@H](c2ccccc2)C[C@H]1O. The number of ether oxygens (including phenoxy) is 1. The zero-order chi connectivity index (χ0) is 25.5. The monoisotopic (exact) mass is 484 g/mol. The molecule has 0 aromatic heterocycles. The van der Waals surface area contributed by atoms with Gasteiger partial charge in [-0.1, -0.05) is 75.1 Å². The normalized spacial score (nSPS) is 22.2. The van der Waals surface area contributed by atoms with Gasteiger partial charge in [-0.2, -0.15) is 0 Å². The zero-order valence-electron chi connectivity index (χ0n) is 22.3. The molecule has 4 nitrogen and oxygen atoms in total. The molecule has 0 amide bonds. The first kappa shape index (κ1) is 29.3. The van der Waals surface area contributed by atoms with E-state index in [-0.39, 0.29) is 24.1 Å². The van der Waals surface area contributed by atoms with Crippen LogP contribution in [0.15, 0.2) is 42.5 Å². The van der Waals surface area contributed by atoms with Gasteiger partial charge in [-0.15, -0.1) is 0 Å². The van der Waals surface area contributed by atoms with Gasteiger partial charge in [0.05, 0.1) is 12.2 Å². The van der Waals surface area contributed by atoms with Crippen molar-refractivity contribution in [3.8, 4) is 0 Å². The number of Topliss-reactive ketones (excluding diaryl/α,β-unsaturated/α-hetero) is 1. The smallest absolute Gasteiger partial charge is 0.306 e. The van der Waals surface area contributed by atoms with Crippen molar-refractivity contribution in [1.82, 2.24) is 0 Å². The maximum Gasteiger partial charge on any atom is 0.306 e. The fourth-order valence-corrected chi connectivity index (χ4v) is 5.46. The molecule has 1 aromatic rings. The highest BCUT2D eigenvalue weighted by Gasteiger charge is 2.42. The Labute approximate surface area is 213 Å². The van der Waals surface area contributed by atoms with Gasteiger partial charge >= 0.3 is 5.97 Å². The average molecular weight is 485 g/mol. The van der Waals surface area contributed by atoms with Crippen molar-refractivity contribution in [2.75, 3.05) is 0 Å². The average Bonchev–Trinajstić information content (AvgIpc) is 3.15. The molecule has 1 aliphatic rings. The van der Waals surface area contributed by atoms with E-state index in [1.165, 1.54) is 24.8 Å². The molecule has 0 saturated heterocycles. The van der Waals surface area contributed by atoms with E-state index < -0.39 is 0 Å². The molecule has 4 heteroatoms. The Balaban J connectivity index is 1.89. The lowest BCUT2D eigenvalue weighted by atomic mass is 9.80. The minimum absolute atomic E-state index is 0.0633. The lowest BCUT2D eigenvalue weighted by Crippen LogP contribution is -2.21. The maximum absolute atomic E-state index is 12.5. The van der Waals surface area contributed by atoms with Gasteiger partial charge in [0, 0.05) is 19.3 Å². The largest absolute Gasteiger partial charge is 0.463 e. The third-order valence-electron chi connectivity index (χ3n) is 7.29. The highest BCUT2D eigenvalue weighted by molar-refractivity contribution is 5.78. The number of aliphatic hydroxyl groups excluding tert-OH is 1. The molecule has 0 heterocycles. The van der Waals surface area contributed by atoms with E-state index in [2.05, 4.69) is 43.3 Å². The van der Waals surface area contributed by atoms with Crippen LogP contribution in [0.4, 0.5) is 0 Å². The third-order valence-corrected chi connectivity index (χ3v) is 7.29. The lowest BCUT2D eigenvalue weighted by molar-refractivity contribution is -0.147. The van der Waals surface area contributed by atoms with E-state index in [1.54, 1.807) is 0 Å². The van der Waals surface area contributed by atoms with Gasteiger partial charge in [-0.3, -0.25) is 9.59 Å². The molecule has 0 spiro atoms. The lowest BCUT2D eigenvalue weighted by Gasteiger charge is -2.25. The number of rotatable bonds is 17. The predicted octanol–water partition coefficient (Wildman–Crippen LogP) is 7.55. The van der Waals surface area contributed by atoms with E-state index in [4.69, 9.17) is 4.74 Å². The summed E-state index contributed by atoms with van der Waals surface area (Å²) >= 11 is 0. The first-order valence-corrected chi connectivity index (χ1v) is 14.0. The molecule has 4 atom stereocenters. The molecule has 1 fully saturated rings. The first-order valence-electron chi connectivity index (χ1n) is 14.0. The molecular formula is C31H48O4. The minimum atomic E-state index is -0.359. The summed E-state index contributed by atoms with van der Waals surface area (Å²) in [6.45, 7) is 5.94. The number of hydrogen-bond acceptors (Lipinski definition) is 4. The van der Waals surface area contributed by atoms with Crippen LogP contribution in [-0.2, 0) is 14.3 Å². The standard InChI is InChI=1S/C31H48O4/c1-4-5-6-7-13-18-26(32)21-22-28-27(19-14-8-9-15-20-31(34)35-24(2)3)29(23-30(28)33)25-16-11-10-12-17-25/h8,10-12,14,16-17,24,27-30,33H,4-7,9,13,15,18-23H2,1-3H3/b14-8-/t27-,28+,29+,30+/m0/s1. The van der Waals surface area contributed by atoms with E-state index in [9.17, 15) is 14.7 Å². The number of aliphatic hydroxyl groups is 1. The van der Waals surface area contributed by atoms with Gasteiger partial charge in [-0.25, -0.2) is 0 Å². The summed E-state index contributed by atoms with van der Waals surface area (Å²) in [5.74, 6) is 0.999. The molecule has 1 saturated carbocycles. The molecule has 0 aliphatic heterocycles. The number of hydrogen-bond donors (Lipinski definition) is 1. The molecule has 196 valence electrons. The van der Waals surface area contributed by atoms with Crippen LogP contribution in [0.2, 0.25) is 0 Å². The second-order valence-corrected chi connectivity index (χ2v) is 10.5. The second kappa shape index (κ2) is 16.7. The topological polar surface area (TPSA) is 63.6 Å². The van der Waals surface area contributed by atoms with Crippen LogP contribution >= 0.6 is 0 Å². The number of benzene rings is 1. The zero-order valence-corrected chi connectivity index (χ0v) is 22.3. The second-order valence-electron chi connectivity index (χ2n) is 10.5. The van der Waals surface area contributed by atoms with Crippen molar-refractivity contribution in [2.24, 2.45) is 11.8 Å². The number of carbonyl (C=O) groups is 2. The minimum Gasteiger partial charge on any atom is -0.463 e. The molecule has 0 unspecified atom stereocenters. The molecule has 1 aliphatic carbocycles. The summed E-state index contributed by atoms with van der Waals surface area (Å²) in [6, 6.07) is 10.5. The Morgan fingerprint density at radius 1 is 0.971 bits per heavy atom. The highest BCUT2D eigenvalue weighted by Crippen LogP contribution is 2.47. The van der Waals surface area contributed by atoms with Crippen molar-refractivity contribution in [2.45, 2.75) is 122 Å². The van der Waals surface area contributed by atoms with Crippen LogP contribution in [0, 0.1) is 11.8 Å². The van der Waals surface area contributed by atoms with Crippen molar-refractivity contribution in [3.05, 3.63) is 48.0 Å². The molecule has 1 aromatic carbocycles. The van der Waals surface area contributed by atoms with Gasteiger partial charge < -0.3 is 9.84 Å². The van der Waals surface area contributed by atoms with Crippen LogP contribution in [0.3, 0.4) is 0 Å². The number of unbranched alkanes of at least 4 members (excludes halogenated alkanes) is 5. The molecule has 0 radical (unpaired) electrons. The van der Waals surface area contributed by atoms with Crippen LogP contribution in [0.5, 0.6) is 0 Å². The molecular weight excluding hydrogens is 436 g/mol. The number of ketones is 1. The van der Waals surface area contributed by atoms with Gasteiger partial charge in [0.25, 0.3) is 0 Å². The summed E-state index contributed by atoms with van der Waals surface area (Å²) in [5, 5.41) is 11.0. The van der Waals surface area contributed by atoms with Crippen LogP contribution < -0.4 is 0 Å². The number of esters is 1. The Morgan fingerprint density at radius 3 is 2.43 bits per heavy atom. The summed E-state index contributed by atoms with van der Waals surface area (Å²) < 4.78 is 5.20. The Morgan fingerprint density at radius 2 is 1.71 bits per heavy atom. The molecule has 1 N–H and O–H groups in total. The van der Waals surface area contributed by atoms with Gasteiger partial charge in [0.1, 0.15) is 5.78 Å². The van der Waals surface area contributed by atoms with Crippen molar-refractivity contribution in [1.29, 1.82) is 0 Å². The summed E-state index contributed by atoms with van der Waals surface area (Å²) in [7, 11) is 0. The predicted molar refractivity (Wildman–Crippen MR) is 143 cm³/mol. The summed E-state index contributed by atoms with van der Waals surface area (Å²) in [6.07, 6.45) is 15.5. The quantitative estimate of drug-likeness (QED) is 0.141. The Kier molecular flexibility index (Phi) is 14.0. The summed E-state index contributed by atoms with van der Waals surface area (Å²) in [4.78, 5) is 24.2. The third kappa shape index (κ3) is 11.1. The van der Waals surface area contributed by atoms with E-state index in [1.807, 2.05) is 19.9 Å². The van der Waals surface area contributed by atoms with Gasteiger partial charge in [-0.05, 0) is 75.7 Å². The summed E-state index contributed by atoms with van der Waals surface area (Å²) in [5.41, 5.74) is 1.28. The molecule has 2 rings (SSSR count). The van der Waals surface area contributed by atoms with Crippen LogP contribution in [-0.4, -0.2) is 29.1 Å². The Bertz CT molecular complexity index is 755. The number of allylic oxidation sites excluding steroid dienone is 2. The van der Waals surface area contributed by atoms with E-state index in [0.717, 1.165) is 44.9 Å². The van der Waals surface area contributed by atoms with Gasteiger partial charge in [0.15, 0.2) is 0 Å². The highest BCUT2D eigenvalue weighted by atomic mass is 16.5. The molecule has 35 heavy (non-hydrogen) atoms. The fourth-order valence-electron chi connectivity index (χ4n) is 5.46. The Hall–Kier alpha value is -1.94. The van der Waals surface area contributed by atoms with Crippen molar-refractivity contribution >= 4 is 11.8 Å². The van der Waals surface area contributed by atoms with E-state index >= 15 is 0 Å². The first-order chi connectivity index (χ1) is 16.9. The van der Waals surface area contributed by atoms with E-state index in [0.29, 0.717) is 36.9 Å². The van der Waals surface area contributed by atoms with Crippen LogP contribution in [0.25, 0.3) is 0 Å². The van der Waals surface area contributed by atoms with Crippen molar-refractivity contribution in [3.63, 3.8) is 0 Å². The van der Waals surface area contributed by atoms with Crippen molar-refractivity contribution < 1.29 is 19.4 Å².